The molecule has 0 radical (unpaired) electrons. The molecular formula is C13H22N4O2. The summed E-state index contributed by atoms with van der Waals surface area (Å²) in [6.45, 7) is 10.6. The summed E-state index contributed by atoms with van der Waals surface area (Å²) in [6.07, 6.45) is 0.872. The second kappa shape index (κ2) is 5.86. The zero-order valence-electron chi connectivity index (χ0n) is 12.2. The molecule has 0 aliphatic rings. The highest BCUT2D eigenvalue weighted by atomic mass is 16.5. The number of aryl methyl sites for hydroxylation is 1. The molecule has 0 spiro atoms. The van der Waals surface area contributed by atoms with Gasteiger partial charge in [0.25, 0.3) is 0 Å². The number of hydrogen-bond donors (Lipinski definition) is 2. The molecule has 1 aromatic rings. The van der Waals surface area contributed by atoms with Crippen LogP contribution in [0.25, 0.3) is 0 Å². The Morgan fingerprint density at radius 2 is 1.95 bits per heavy atom. The van der Waals surface area contributed by atoms with Gasteiger partial charge in [0.15, 0.2) is 5.84 Å². The van der Waals surface area contributed by atoms with Crippen molar-refractivity contribution in [2.75, 3.05) is 6.61 Å². The minimum absolute atomic E-state index is 0.0127. The van der Waals surface area contributed by atoms with Gasteiger partial charge in [0, 0.05) is 0 Å². The molecule has 0 fully saturated rings. The Kier molecular flexibility index (Phi) is 4.69. The molecule has 6 heteroatoms. The SMILES string of the molecule is Cc1nnc(OCCC(C)(C)C)c(C(N)=NO)c1C. The number of aromatic nitrogens is 2. The molecule has 0 saturated carbocycles. The summed E-state index contributed by atoms with van der Waals surface area (Å²) < 4.78 is 5.63. The van der Waals surface area contributed by atoms with Crippen LogP contribution in [0, 0.1) is 19.3 Å². The van der Waals surface area contributed by atoms with E-state index in [2.05, 4.69) is 36.1 Å². The molecule has 0 unspecified atom stereocenters. The maximum atomic E-state index is 8.84. The van der Waals surface area contributed by atoms with Crippen molar-refractivity contribution in [3.8, 4) is 5.88 Å². The van der Waals surface area contributed by atoms with Gasteiger partial charge < -0.3 is 15.7 Å². The second-order valence-corrected chi connectivity index (χ2v) is 5.73. The van der Waals surface area contributed by atoms with Crippen molar-refractivity contribution >= 4 is 5.84 Å². The molecule has 1 heterocycles. The molecule has 3 N–H and O–H groups in total. The fourth-order valence-electron chi connectivity index (χ4n) is 1.49. The summed E-state index contributed by atoms with van der Waals surface area (Å²) >= 11 is 0. The van der Waals surface area contributed by atoms with Gasteiger partial charge in [-0.2, -0.15) is 5.10 Å². The Hall–Kier alpha value is -1.85. The average Bonchev–Trinajstić information content (AvgIpc) is 2.31. The summed E-state index contributed by atoms with van der Waals surface area (Å²) in [6, 6.07) is 0. The van der Waals surface area contributed by atoms with E-state index in [1.54, 1.807) is 0 Å². The first kappa shape index (κ1) is 15.2. The van der Waals surface area contributed by atoms with Crippen LogP contribution in [0.1, 0.15) is 44.0 Å². The zero-order valence-corrected chi connectivity index (χ0v) is 12.2. The van der Waals surface area contributed by atoms with Crippen molar-refractivity contribution in [2.45, 2.75) is 41.0 Å². The van der Waals surface area contributed by atoms with E-state index in [4.69, 9.17) is 15.7 Å². The maximum absolute atomic E-state index is 8.84. The predicted molar refractivity (Wildman–Crippen MR) is 73.6 cm³/mol. The first-order valence-corrected chi connectivity index (χ1v) is 6.21. The molecule has 0 saturated heterocycles. The van der Waals surface area contributed by atoms with Crippen molar-refractivity contribution < 1.29 is 9.94 Å². The van der Waals surface area contributed by atoms with Gasteiger partial charge in [0.05, 0.1) is 17.9 Å². The van der Waals surface area contributed by atoms with E-state index in [0.717, 1.165) is 17.7 Å². The van der Waals surface area contributed by atoms with E-state index >= 15 is 0 Å². The third-order valence-electron chi connectivity index (χ3n) is 2.88. The van der Waals surface area contributed by atoms with Gasteiger partial charge in [-0.25, -0.2) is 0 Å². The van der Waals surface area contributed by atoms with Crippen molar-refractivity contribution in [3.63, 3.8) is 0 Å². The molecule has 6 nitrogen and oxygen atoms in total. The van der Waals surface area contributed by atoms with E-state index in [1.165, 1.54) is 0 Å². The summed E-state index contributed by atoms with van der Waals surface area (Å²) in [5, 5.41) is 19.9. The van der Waals surface area contributed by atoms with Crippen molar-refractivity contribution in [3.05, 3.63) is 16.8 Å². The molecule has 0 amide bonds. The first-order chi connectivity index (χ1) is 8.76. The zero-order chi connectivity index (χ0) is 14.6. The van der Waals surface area contributed by atoms with E-state index in [1.807, 2.05) is 13.8 Å². The van der Waals surface area contributed by atoms with E-state index in [9.17, 15) is 0 Å². The van der Waals surface area contributed by atoms with E-state index in [-0.39, 0.29) is 11.3 Å². The third kappa shape index (κ3) is 4.08. The quantitative estimate of drug-likeness (QED) is 0.376. The van der Waals surface area contributed by atoms with Gasteiger partial charge in [-0.1, -0.05) is 25.9 Å². The Morgan fingerprint density at radius 1 is 1.32 bits per heavy atom. The number of oxime groups is 1. The fourth-order valence-corrected chi connectivity index (χ4v) is 1.49. The Labute approximate surface area is 113 Å². The van der Waals surface area contributed by atoms with Gasteiger partial charge in [0.1, 0.15) is 0 Å². The molecule has 1 aromatic heterocycles. The number of nitrogens with two attached hydrogens (primary N) is 1. The van der Waals surface area contributed by atoms with Crippen LogP contribution in [0.4, 0.5) is 0 Å². The van der Waals surface area contributed by atoms with Gasteiger partial charge in [-0.3, -0.25) is 0 Å². The largest absolute Gasteiger partial charge is 0.476 e. The van der Waals surface area contributed by atoms with Crippen molar-refractivity contribution in [2.24, 2.45) is 16.3 Å². The van der Waals surface area contributed by atoms with Crippen molar-refractivity contribution in [1.29, 1.82) is 0 Å². The van der Waals surface area contributed by atoms with Crippen LogP contribution in [0.2, 0.25) is 0 Å². The van der Waals surface area contributed by atoms with Crippen LogP contribution in [0.5, 0.6) is 5.88 Å². The summed E-state index contributed by atoms with van der Waals surface area (Å²) in [4.78, 5) is 0. The third-order valence-corrected chi connectivity index (χ3v) is 2.88. The molecule has 106 valence electrons. The summed E-state index contributed by atoms with van der Waals surface area (Å²) in [5.74, 6) is 0.295. The highest BCUT2D eigenvalue weighted by molar-refractivity contribution is 6.00. The Bertz CT molecular complexity index is 478. The highest BCUT2D eigenvalue weighted by Gasteiger charge is 2.17. The lowest BCUT2D eigenvalue weighted by atomic mass is 9.93. The standard InChI is InChI=1S/C13H22N4O2/c1-8-9(2)15-16-12(10(8)11(14)17-18)19-7-6-13(3,4)5/h18H,6-7H2,1-5H3,(H2,14,17). The first-order valence-electron chi connectivity index (χ1n) is 6.21. The number of amidine groups is 1. The molecule has 19 heavy (non-hydrogen) atoms. The number of nitrogens with zero attached hydrogens (tertiary/aromatic N) is 3. The number of hydrogen-bond acceptors (Lipinski definition) is 5. The maximum Gasteiger partial charge on any atom is 0.244 e. The summed E-state index contributed by atoms with van der Waals surface area (Å²) in [7, 11) is 0. The van der Waals surface area contributed by atoms with Gasteiger partial charge in [-0.15, -0.1) is 5.10 Å². The molecule has 0 bridgehead atoms. The lowest BCUT2D eigenvalue weighted by Gasteiger charge is -2.18. The average molecular weight is 266 g/mol. The highest BCUT2D eigenvalue weighted by Crippen LogP contribution is 2.23. The molecule has 1 rings (SSSR count). The monoisotopic (exact) mass is 266 g/mol. The topological polar surface area (TPSA) is 93.6 Å². The van der Waals surface area contributed by atoms with E-state index < -0.39 is 0 Å². The lowest BCUT2D eigenvalue weighted by molar-refractivity contribution is 0.233. The second-order valence-electron chi connectivity index (χ2n) is 5.73. The van der Waals surface area contributed by atoms with Gasteiger partial charge >= 0.3 is 0 Å². The molecule has 0 atom stereocenters. The van der Waals surface area contributed by atoms with E-state index in [0.29, 0.717) is 18.1 Å². The van der Waals surface area contributed by atoms with Crippen LogP contribution >= 0.6 is 0 Å². The molecular weight excluding hydrogens is 244 g/mol. The molecule has 0 aromatic carbocycles. The van der Waals surface area contributed by atoms with Crippen molar-refractivity contribution in [1.82, 2.24) is 10.2 Å². The van der Waals surface area contributed by atoms with Crippen LogP contribution < -0.4 is 10.5 Å². The number of rotatable bonds is 4. The summed E-state index contributed by atoms with van der Waals surface area (Å²) in [5.41, 5.74) is 7.88. The minimum atomic E-state index is -0.0127. The minimum Gasteiger partial charge on any atom is -0.476 e. The van der Waals surface area contributed by atoms with Crippen LogP contribution in [0.15, 0.2) is 5.16 Å². The molecule has 0 aliphatic heterocycles. The van der Waals surface area contributed by atoms with Gasteiger partial charge in [-0.05, 0) is 31.2 Å². The van der Waals surface area contributed by atoms with Gasteiger partial charge in [0.2, 0.25) is 5.88 Å². The lowest BCUT2D eigenvalue weighted by Crippen LogP contribution is -2.20. The normalized spacial score (nSPS) is 12.6. The van der Waals surface area contributed by atoms with Crippen LogP contribution in [-0.2, 0) is 0 Å². The Morgan fingerprint density at radius 3 is 2.47 bits per heavy atom. The van der Waals surface area contributed by atoms with Crippen LogP contribution in [0.3, 0.4) is 0 Å². The molecule has 0 aliphatic carbocycles. The predicted octanol–water partition coefficient (Wildman–Crippen LogP) is 2.00. The Balaban J connectivity index is 2.98. The number of ether oxygens (including phenoxy) is 1. The smallest absolute Gasteiger partial charge is 0.244 e. The fraction of sp³-hybridized carbons (Fsp3) is 0.615. The van der Waals surface area contributed by atoms with Crippen LogP contribution in [-0.4, -0.2) is 27.8 Å².